The molecule has 0 bridgehead atoms. The second-order valence-corrected chi connectivity index (χ2v) is 4.50. The Hall–Kier alpha value is -2.89. The lowest BCUT2D eigenvalue weighted by atomic mass is 10.1. The van der Waals surface area contributed by atoms with Crippen LogP contribution >= 0.6 is 0 Å². The van der Waals surface area contributed by atoms with Crippen LogP contribution in [0.5, 0.6) is 5.75 Å². The molecule has 3 heterocycles. The molecule has 0 radical (unpaired) electrons. The minimum atomic E-state index is -0.161. The van der Waals surface area contributed by atoms with Crippen molar-refractivity contribution >= 4 is 32.8 Å². The van der Waals surface area contributed by atoms with Crippen LogP contribution in [0, 0.1) is 0 Å². The van der Waals surface area contributed by atoms with Crippen molar-refractivity contribution in [1.29, 1.82) is 0 Å². The van der Waals surface area contributed by atoms with Crippen LogP contribution in [0.1, 0.15) is 0 Å². The standard InChI is InChI=1S/C14H10N4O2/c1-20-9-4-2-3-7-10(9)11-8-5-15-6-16-12(8)17-13(11)18-14(7)19/h2-6H,1H3,(H2,15,16,17,18,19). The molecule has 0 spiro atoms. The van der Waals surface area contributed by atoms with Crippen LogP contribution in [-0.2, 0) is 0 Å². The maximum Gasteiger partial charge on any atom is 0.257 e. The van der Waals surface area contributed by atoms with E-state index < -0.39 is 0 Å². The smallest absolute Gasteiger partial charge is 0.257 e. The normalized spacial score (nSPS) is 11.4. The lowest BCUT2D eigenvalue weighted by Crippen LogP contribution is -2.06. The molecular formula is C14H10N4O2. The monoisotopic (exact) mass is 266 g/mol. The van der Waals surface area contributed by atoms with Crippen LogP contribution in [0.2, 0.25) is 0 Å². The van der Waals surface area contributed by atoms with E-state index in [0.717, 1.165) is 16.2 Å². The number of aromatic amines is 2. The fourth-order valence-corrected chi connectivity index (χ4v) is 2.61. The highest BCUT2D eigenvalue weighted by Crippen LogP contribution is 2.33. The van der Waals surface area contributed by atoms with Crippen molar-refractivity contribution in [3.8, 4) is 5.75 Å². The van der Waals surface area contributed by atoms with E-state index in [1.165, 1.54) is 6.33 Å². The quantitative estimate of drug-likeness (QED) is 0.551. The van der Waals surface area contributed by atoms with Crippen LogP contribution < -0.4 is 10.3 Å². The van der Waals surface area contributed by atoms with E-state index in [4.69, 9.17) is 4.74 Å². The molecule has 4 rings (SSSR count). The molecule has 2 N–H and O–H groups in total. The van der Waals surface area contributed by atoms with Gasteiger partial charge >= 0.3 is 0 Å². The first-order valence-electron chi connectivity index (χ1n) is 6.10. The third-order valence-corrected chi connectivity index (χ3v) is 3.45. The van der Waals surface area contributed by atoms with Crippen molar-refractivity contribution < 1.29 is 4.74 Å². The highest BCUT2D eigenvalue weighted by Gasteiger charge is 2.14. The van der Waals surface area contributed by atoms with Gasteiger partial charge in [-0.05, 0) is 12.1 Å². The zero-order chi connectivity index (χ0) is 13.7. The van der Waals surface area contributed by atoms with Crippen molar-refractivity contribution in [2.45, 2.75) is 0 Å². The molecule has 0 aliphatic rings. The van der Waals surface area contributed by atoms with E-state index in [2.05, 4.69) is 19.9 Å². The van der Waals surface area contributed by atoms with Gasteiger partial charge in [-0.15, -0.1) is 0 Å². The first kappa shape index (κ1) is 11.0. The first-order chi connectivity index (χ1) is 9.79. The molecule has 1 aromatic carbocycles. The SMILES string of the molecule is COc1cccc2c(=O)[nH]c3[nH]c4ncncc4c3c12. The summed E-state index contributed by atoms with van der Waals surface area (Å²) in [5.41, 5.74) is 1.15. The minimum absolute atomic E-state index is 0.161. The van der Waals surface area contributed by atoms with Gasteiger partial charge in [-0.25, -0.2) is 9.97 Å². The summed E-state index contributed by atoms with van der Waals surface area (Å²) < 4.78 is 5.40. The summed E-state index contributed by atoms with van der Waals surface area (Å²) >= 11 is 0. The molecule has 4 aromatic rings. The van der Waals surface area contributed by atoms with E-state index >= 15 is 0 Å². The number of hydrogen-bond acceptors (Lipinski definition) is 4. The Labute approximate surface area is 112 Å². The summed E-state index contributed by atoms with van der Waals surface area (Å²) in [6, 6.07) is 5.41. The van der Waals surface area contributed by atoms with Crippen LogP contribution in [0.25, 0.3) is 32.8 Å². The van der Waals surface area contributed by atoms with Gasteiger partial charge in [0.1, 0.15) is 23.4 Å². The van der Waals surface area contributed by atoms with Crippen molar-refractivity contribution in [3.05, 3.63) is 41.1 Å². The zero-order valence-electron chi connectivity index (χ0n) is 10.6. The molecule has 20 heavy (non-hydrogen) atoms. The average Bonchev–Trinajstić information content (AvgIpc) is 2.84. The third-order valence-electron chi connectivity index (χ3n) is 3.45. The molecule has 6 nitrogen and oxygen atoms in total. The van der Waals surface area contributed by atoms with E-state index in [9.17, 15) is 4.79 Å². The van der Waals surface area contributed by atoms with Gasteiger partial charge in [-0.3, -0.25) is 4.79 Å². The predicted molar refractivity (Wildman–Crippen MR) is 76.1 cm³/mol. The van der Waals surface area contributed by atoms with Crippen molar-refractivity contribution in [1.82, 2.24) is 19.9 Å². The molecule has 0 aliphatic heterocycles. The van der Waals surface area contributed by atoms with Gasteiger partial charge in [0.15, 0.2) is 0 Å². The number of benzene rings is 1. The van der Waals surface area contributed by atoms with Gasteiger partial charge in [0, 0.05) is 22.4 Å². The summed E-state index contributed by atoms with van der Waals surface area (Å²) in [5, 5.41) is 3.08. The number of aromatic nitrogens is 4. The van der Waals surface area contributed by atoms with E-state index in [0.29, 0.717) is 22.4 Å². The number of methoxy groups -OCH3 is 1. The fraction of sp³-hybridized carbons (Fsp3) is 0.0714. The predicted octanol–water partition coefficient (Wildman–Crippen LogP) is 1.96. The van der Waals surface area contributed by atoms with Crippen molar-refractivity contribution in [2.24, 2.45) is 0 Å². The summed E-state index contributed by atoms with van der Waals surface area (Å²) in [5.74, 6) is 0.656. The van der Waals surface area contributed by atoms with E-state index in [1.54, 1.807) is 25.4 Å². The largest absolute Gasteiger partial charge is 0.496 e. The molecule has 0 amide bonds. The van der Waals surface area contributed by atoms with Gasteiger partial charge in [-0.1, -0.05) is 6.07 Å². The lowest BCUT2D eigenvalue weighted by Gasteiger charge is -2.06. The van der Waals surface area contributed by atoms with Crippen LogP contribution in [0.4, 0.5) is 0 Å². The number of hydrogen-bond donors (Lipinski definition) is 2. The Balaban J connectivity index is 2.41. The fourth-order valence-electron chi connectivity index (χ4n) is 2.61. The maximum absolute atomic E-state index is 12.2. The van der Waals surface area contributed by atoms with Gasteiger partial charge in [0.2, 0.25) is 0 Å². The molecule has 0 saturated carbocycles. The maximum atomic E-state index is 12.2. The van der Waals surface area contributed by atoms with E-state index in [1.807, 2.05) is 6.07 Å². The zero-order valence-corrected chi connectivity index (χ0v) is 10.6. The third kappa shape index (κ3) is 1.30. The summed E-state index contributed by atoms with van der Waals surface area (Å²) in [6.45, 7) is 0. The van der Waals surface area contributed by atoms with Crippen LogP contribution in [0.3, 0.4) is 0 Å². The van der Waals surface area contributed by atoms with Crippen LogP contribution in [0.15, 0.2) is 35.5 Å². The molecular weight excluding hydrogens is 256 g/mol. The highest BCUT2D eigenvalue weighted by molar-refractivity contribution is 6.19. The van der Waals surface area contributed by atoms with Crippen LogP contribution in [-0.4, -0.2) is 27.0 Å². The Morgan fingerprint density at radius 1 is 1.15 bits per heavy atom. The molecule has 0 fully saturated rings. The first-order valence-corrected chi connectivity index (χ1v) is 6.10. The van der Waals surface area contributed by atoms with Gasteiger partial charge in [0.25, 0.3) is 5.56 Å². The second kappa shape index (κ2) is 3.80. The molecule has 0 atom stereocenters. The molecule has 0 unspecified atom stereocenters. The Morgan fingerprint density at radius 3 is 2.90 bits per heavy atom. The van der Waals surface area contributed by atoms with Gasteiger partial charge in [0.05, 0.1) is 12.5 Å². The van der Waals surface area contributed by atoms with Gasteiger partial charge < -0.3 is 14.7 Å². The summed E-state index contributed by atoms with van der Waals surface area (Å²) in [7, 11) is 1.59. The van der Waals surface area contributed by atoms with Crippen molar-refractivity contribution in [2.75, 3.05) is 7.11 Å². The Morgan fingerprint density at radius 2 is 2.05 bits per heavy atom. The van der Waals surface area contributed by atoms with Gasteiger partial charge in [-0.2, -0.15) is 0 Å². The number of pyridine rings is 1. The number of rotatable bonds is 1. The molecule has 6 heteroatoms. The lowest BCUT2D eigenvalue weighted by molar-refractivity contribution is 0.420. The Bertz CT molecular complexity index is 1020. The topological polar surface area (TPSA) is 83.7 Å². The second-order valence-electron chi connectivity index (χ2n) is 4.50. The number of fused-ring (bicyclic) bond motifs is 5. The number of nitrogens with one attached hydrogen (secondary N) is 2. The Kier molecular flexibility index (Phi) is 2.09. The number of nitrogens with zero attached hydrogens (tertiary/aromatic N) is 2. The summed E-state index contributed by atoms with van der Waals surface area (Å²) in [4.78, 5) is 26.3. The molecule has 3 aromatic heterocycles. The highest BCUT2D eigenvalue weighted by atomic mass is 16.5. The average molecular weight is 266 g/mol. The molecule has 0 aliphatic carbocycles. The summed E-state index contributed by atoms with van der Waals surface area (Å²) in [6.07, 6.45) is 3.20. The number of H-pyrrole nitrogens is 2. The van der Waals surface area contributed by atoms with E-state index in [-0.39, 0.29) is 5.56 Å². The minimum Gasteiger partial charge on any atom is -0.496 e. The van der Waals surface area contributed by atoms with Crippen molar-refractivity contribution in [3.63, 3.8) is 0 Å². The number of ether oxygens (including phenoxy) is 1. The molecule has 98 valence electrons. The molecule has 0 saturated heterocycles.